The molecule has 3 heteroatoms. The van der Waals surface area contributed by atoms with Gasteiger partial charge in [-0.1, -0.05) is 12.8 Å². The molecule has 0 radical (unpaired) electrons. The predicted molar refractivity (Wildman–Crippen MR) is 49.2 cm³/mol. The number of fused-ring (bicyclic) bond motifs is 1. The van der Waals surface area contributed by atoms with E-state index >= 15 is 0 Å². The van der Waals surface area contributed by atoms with E-state index in [-0.39, 0.29) is 11.8 Å². The van der Waals surface area contributed by atoms with Crippen molar-refractivity contribution in [1.29, 1.82) is 0 Å². The summed E-state index contributed by atoms with van der Waals surface area (Å²) in [4.78, 5) is 10.7. The van der Waals surface area contributed by atoms with Crippen LogP contribution in [0.1, 0.15) is 32.1 Å². The van der Waals surface area contributed by atoms with E-state index in [4.69, 9.17) is 10.8 Å². The van der Waals surface area contributed by atoms with E-state index < -0.39 is 5.97 Å². The molecule has 0 aromatic carbocycles. The molecule has 0 aromatic heterocycles. The van der Waals surface area contributed by atoms with Gasteiger partial charge in [0, 0.05) is 0 Å². The van der Waals surface area contributed by atoms with Crippen LogP contribution in [0, 0.1) is 17.3 Å². The van der Waals surface area contributed by atoms with Gasteiger partial charge in [0.2, 0.25) is 0 Å². The van der Waals surface area contributed by atoms with Gasteiger partial charge in [0.1, 0.15) is 0 Å². The van der Waals surface area contributed by atoms with Crippen LogP contribution in [0.25, 0.3) is 0 Å². The van der Waals surface area contributed by atoms with Gasteiger partial charge in [-0.3, -0.25) is 4.79 Å². The minimum Gasteiger partial charge on any atom is -0.481 e. The molecule has 2 aliphatic carbocycles. The summed E-state index contributed by atoms with van der Waals surface area (Å²) < 4.78 is 0. The third kappa shape index (κ3) is 1.26. The fraction of sp³-hybridized carbons (Fsp3) is 0.900. The lowest BCUT2D eigenvalue weighted by molar-refractivity contribution is -0.145. The van der Waals surface area contributed by atoms with Crippen LogP contribution in [0.3, 0.4) is 0 Å². The Morgan fingerprint density at radius 1 is 1.54 bits per heavy atom. The SMILES string of the molecule is NC[C@]1(CC(=O)O)C[C@@H]2CCC[C@H]21. The number of hydrogen-bond acceptors (Lipinski definition) is 2. The molecule has 0 aliphatic heterocycles. The van der Waals surface area contributed by atoms with Crippen molar-refractivity contribution >= 4 is 5.97 Å². The molecule has 2 aliphatic rings. The molecule has 3 N–H and O–H groups in total. The molecule has 3 atom stereocenters. The minimum absolute atomic E-state index is 0.0347. The van der Waals surface area contributed by atoms with E-state index in [0.717, 1.165) is 12.3 Å². The Balaban J connectivity index is 2.05. The van der Waals surface area contributed by atoms with Crippen LogP contribution in [0.4, 0.5) is 0 Å². The van der Waals surface area contributed by atoms with Gasteiger partial charge < -0.3 is 10.8 Å². The first-order valence-corrected chi connectivity index (χ1v) is 5.10. The molecule has 0 aromatic rings. The standard InChI is InChI=1S/C10H17NO2/c11-6-10(5-9(12)13)4-7-2-1-3-8(7)10/h7-8H,1-6,11H2,(H,12,13)/t7-,8+,10+/m0/s1. The zero-order valence-electron chi connectivity index (χ0n) is 7.83. The van der Waals surface area contributed by atoms with Crippen LogP contribution in [0.5, 0.6) is 0 Å². The monoisotopic (exact) mass is 183 g/mol. The summed E-state index contributed by atoms with van der Waals surface area (Å²) in [6.45, 7) is 0.556. The summed E-state index contributed by atoms with van der Waals surface area (Å²) >= 11 is 0. The Hall–Kier alpha value is -0.570. The average Bonchev–Trinajstić information content (AvgIpc) is 2.43. The molecule has 0 heterocycles. The van der Waals surface area contributed by atoms with Gasteiger partial charge >= 0.3 is 5.97 Å². The molecule has 74 valence electrons. The van der Waals surface area contributed by atoms with Crippen LogP contribution in [-0.2, 0) is 4.79 Å². The fourth-order valence-electron chi connectivity index (χ4n) is 3.41. The zero-order chi connectivity index (χ0) is 9.47. The van der Waals surface area contributed by atoms with Crippen molar-refractivity contribution in [2.75, 3.05) is 6.54 Å². The first kappa shape index (κ1) is 9.00. The van der Waals surface area contributed by atoms with Crippen molar-refractivity contribution in [2.24, 2.45) is 23.0 Å². The molecule has 2 saturated carbocycles. The molecular weight excluding hydrogens is 166 g/mol. The summed E-state index contributed by atoms with van der Waals surface area (Å²) in [5.41, 5.74) is 5.68. The van der Waals surface area contributed by atoms with E-state index in [1.165, 1.54) is 19.3 Å². The largest absolute Gasteiger partial charge is 0.481 e. The number of hydrogen-bond donors (Lipinski definition) is 2. The maximum absolute atomic E-state index is 10.7. The number of carbonyl (C=O) groups is 1. The summed E-state index contributed by atoms with van der Waals surface area (Å²) in [5, 5.41) is 8.81. The highest BCUT2D eigenvalue weighted by molar-refractivity contribution is 5.68. The third-order valence-corrected chi connectivity index (χ3v) is 4.02. The summed E-state index contributed by atoms with van der Waals surface area (Å²) in [6.07, 6.45) is 5.11. The lowest BCUT2D eigenvalue weighted by Gasteiger charge is -2.51. The maximum atomic E-state index is 10.7. The Morgan fingerprint density at radius 3 is 2.85 bits per heavy atom. The first-order valence-electron chi connectivity index (χ1n) is 5.10. The van der Waals surface area contributed by atoms with Crippen molar-refractivity contribution in [1.82, 2.24) is 0 Å². The van der Waals surface area contributed by atoms with E-state index in [1.807, 2.05) is 0 Å². The smallest absolute Gasteiger partial charge is 0.303 e. The van der Waals surface area contributed by atoms with Gasteiger partial charge in [-0.05, 0) is 36.6 Å². The first-order chi connectivity index (χ1) is 6.18. The number of carboxylic acid groups (broad SMARTS) is 1. The molecule has 0 bridgehead atoms. The molecule has 2 rings (SSSR count). The highest BCUT2D eigenvalue weighted by Crippen LogP contribution is 2.60. The molecular formula is C10H17NO2. The molecule has 0 spiro atoms. The molecule has 0 unspecified atom stereocenters. The predicted octanol–water partition coefficient (Wildman–Crippen LogP) is 1.23. The van der Waals surface area contributed by atoms with Gasteiger partial charge in [0.15, 0.2) is 0 Å². The fourth-order valence-corrected chi connectivity index (χ4v) is 3.41. The second kappa shape index (κ2) is 2.98. The maximum Gasteiger partial charge on any atom is 0.303 e. The average molecular weight is 183 g/mol. The molecule has 3 nitrogen and oxygen atoms in total. The molecule has 2 fully saturated rings. The van der Waals surface area contributed by atoms with Crippen molar-refractivity contribution in [3.8, 4) is 0 Å². The lowest BCUT2D eigenvalue weighted by Crippen LogP contribution is -2.51. The second-order valence-corrected chi connectivity index (χ2v) is 4.64. The number of rotatable bonds is 3. The van der Waals surface area contributed by atoms with Gasteiger partial charge in [-0.25, -0.2) is 0 Å². The van der Waals surface area contributed by atoms with Crippen LogP contribution in [-0.4, -0.2) is 17.6 Å². The summed E-state index contributed by atoms with van der Waals surface area (Å²) in [7, 11) is 0. The minimum atomic E-state index is -0.684. The van der Waals surface area contributed by atoms with Gasteiger partial charge in [0.25, 0.3) is 0 Å². The normalized spacial score (nSPS) is 42.5. The molecule has 0 saturated heterocycles. The topological polar surface area (TPSA) is 63.3 Å². The third-order valence-electron chi connectivity index (χ3n) is 4.02. The Kier molecular flexibility index (Phi) is 2.06. The van der Waals surface area contributed by atoms with Crippen LogP contribution in [0.15, 0.2) is 0 Å². The van der Waals surface area contributed by atoms with Crippen molar-refractivity contribution in [3.63, 3.8) is 0 Å². The number of carboxylic acids is 1. The van der Waals surface area contributed by atoms with Gasteiger partial charge in [0.05, 0.1) is 6.42 Å². The molecule has 0 amide bonds. The quantitative estimate of drug-likeness (QED) is 0.691. The highest BCUT2D eigenvalue weighted by Gasteiger charge is 2.55. The lowest BCUT2D eigenvalue weighted by atomic mass is 9.53. The van der Waals surface area contributed by atoms with Gasteiger partial charge in [-0.15, -0.1) is 0 Å². The van der Waals surface area contributed by atoms with E-state index in [2.05, 4.69) is 0 Å². The van der Waals surface area contributed by atoms with E-state index in [1.54, 1.807) is 0 Å². The Morgan fingerprint density at radius 2 is 2.31 bits per heavy atom. The van der Waals surface area contributed by atoms with E-state index in [0.29, 0.717) is 12.5 Å². The zero-order valence-corrected chi connectivity index (χ0v) is 7.83. The van der Waals surface area contributed by atoms with Crippen molar-refractivity contribution in [2.45, 2.75) is 32.1 Å². The Labute approximate surface area is 78.3 Å². The highest BCUT2D eigenvalue weighted by atomic mass is 16.4. The van der Waals surface area contributed by atoms with Crippen LogP contribution in [0.2, 0.25) is 0 Å². The van der Waals surface area contributed by atoms with Gasteiger partial charge in [-0.2, -0.15) is 0 Å². The summed E-state index contributed by atoms with van der Waals surface area (Å²) in [6, 6.07) is 0. The Bertz CT molecular complexity index is 229. The summed E-state index contributed by atoms with van der Waals surface area (Å²) in [5.74, 6) is 0.729. The second-order valence-electron chi connectivity index (χ2n) is 4.64. The van der Waals surface area contributed by atoms with E-state index in [9.17, 15) is 4.79 Å². The van der Waals surface area contributed by atoms with Crippen molar-refractivity contribution in [3.05, 3.63) is 0 Å². The number of aliphatic carboxylic acids is 1. The van der Waals surface area contributed by atoms with Crippen LogP contribution < -0.4 is 5.73 Å². The van der Waals surface area contributed by atoms with Crippen molar-refractivity contribution < 1.29 is 9.90 Å². The number of nitrogens with two attached hydrogens (primary N) is 1. The molecule has 13 heavy (non-hydrogen) atoms. The van der Waals surface area contributed by atoms with Crippen LogP contribution >= 0.6 is 0 Å².